The molecule has 0 saturated heterocycles. The highest BCUT2D eigenvalue weighted by Gasteiger charge is 2.00. The number of hydrogen-bond acceptors (Lipinski definition) is 4. The van der Waals surface area contributed by atoms with Gasteiger partial charge >= 0.3 is 0 Å². The molecule has 0 aliphatic heterocycles. The van der Waals surface area contributed by atoms with Crippen molar-refractivity contribution >= 4 is 17.3 Å². The zero-order chi connectivity index (χ0) is 10.7. The van der Waals surface area contributed by atoms with Crippen LogP contribution in [0.1, 0.15) is 5.56 Å². The minimum Gasteiger partial charge on any atom is -0.469 e. The predicted octanol–water partition coefficient (Wildman–Crippen LogP) is 1.52. The highest BCUT2D eigenvalue weighted by atomic mass is 16.5. The van der Waals surface area contributed by atoms with Crippen LogP contribution in [0.5, 0.6) is 5.88 Å². The summed E-state index contributed by atoms with van der Waals surface area (Å²) in [4.78, 5) is 18.5. The van der Waals surface area contributed by atoms with Gasteiger partial charge in [0.05, 0.1) is 17.2 Å². The largest absolute Gasteiger partial charge is 0.469 e. The van der Waals surface area contributed by atoms with Gasteiger partial charge < -0.3 is 4.74 Å². The molecule has 0 aliphatic carbocycles. The maximum absolute atomic E-state index is 10.1. The summed E-state index contributed by atoms with van der Waals surface area (Å²) in [5.41, 5.74) is 2.73. The van der Waals surface area contributed by atoms with Crippen LogP contribution in [0.25, 0.3) is 11.0 Å². The maximum atomic E-state index is 10.1. The quantitative estimate of drug-likeness (QED) is 0.708. The van der Waals surface area contributed by atoms with Crippen LogP contribution in [0.2, 0.25) is 0 Å². The Labute approximate surface area is 86.9 Å². The van der Waals surface area contributed by atoms with Crippen molar-refractivity contribution in [1.29, 1.82) is 0 Å². The molecular weight excluding hydrogens is 192 g/mol. The van der Waals surface area contributed by atoms with Gasteiger partial charge in [-0.05, 0) is 24.6 Å². The van der Waals surface area contributed by atoms with Crippen LogP contribution in [-0.4, -0.2) is 22.9 Å². The Kier molecular flexibility index (Phi) is 2.58. The molecule has 0 N–H and O–H groups in total. The Morgan fingerprint density at radius 1 is 1.40 bits per heavy atom. The molecule has 0 unspecified atom stereocenters. The molecule has 1 aromatic carbocycles. The van der Waals surface area contributed by atoms with E-state index in [1.165, 1.54) is 6.20 Å². The number of nitrogens with zero attached hydrogens (tertiary/aromatic N) is 2. The minimum absolute atomic E-state index is 0.00600. The molecule has 0 radical (unpaired) electrons. The average molecular weight is 202 g/mol. The molecule has 0 aliphatic rings. The first-order valence-electron chi connectivity index (χ1n) is 4.59. The molecule has 0 spiro atoms. The van der Waals surface area contributed by atoms with E-state index >= 15 is 0 Å². The molecule has 4 heteroatoms. The van der Waals surface area contributed by atoms with Crippen molar-refractivity contribution in [3.05, 3.63) is 30.0 Å². The van der Waals surface area contributed by atoms with Crippen LogP contribution in [0, 0.1) is 6.92 Å². The summed E-state index contributed by atoms with van der Waals surface area (Å²) in [6.45, 7) is 2.00. The van der Waals surface area contributed by atoms with Crippen LogP contribution in [0.15, 0.2) is 24.4 Å². The van der Waals surface area contributed by atoms with Crippen LogP contribution in [0.4, 0.5) is 0 Å². The summed E-state index contributed by atoms with van der Waals surface area (Å²) in [6.07, 6.45) is 2.20. The third-order valence-electron chi connectivity index (χ3n) is 1.97. The highest BCUT2D eigenvalue weighted by Crippen LogP contribution is 2.14. The van der Waals surface area contributed by atoms with Gasteiger partial charge in [-0.2, -0.15) is 0 Å². The number of fused-ring (bicyclic) bond motifs is 1. The fourth-order valence-corrected chi connectivity index (χ4v) is 1.29. The van der Waals surface area contributed by atoms with Crippen molar-refractivity contribution in [2.45, 2.75) is 6.92 Å². The van der Waals surface area contributed by atoms with Crippen molar-refractivity contribution in [1.82, 2.24) is 9.97 Å². The first-order chi connectivity index (χ1) is 7.29. The van der Waals surface area contributed by atoms with Gasteiger partial charge in [-0.3, -0.25) is 4.79 Å². The fourth-order valence-electron chi connectivity index (χ4n) is 1.29. The molecule has 76 valence electrons. The number of carbonyl (C=O) groups is 1. The van der Waals surface area contributed by atoms with Crippen molar-refractivity contribution in [2.75, 3.05) is 6.61 Å². The Balaban J connectivity index is 2.38. The van der Waals surface area contributed by atoms with Gasteiger partial charge in [-0.25, -0.2) is 9.97 Å². The Hall–Kier alpha value is -1.97. The Morgan fingerprint density at radius 3 is 3.07 bits per heavy atom. The number of benzene rings is 1. The molecule has 0 bridgehead atoms. The van der Waals surface area contributed by atoms with Crippen LogP contribution in [0.3, 0.4) is 0 Å². The number of carbonyl (C=O) groups excluding carboxylic acids is 1. The molecule has 2 rings (SSSR count). The molecule has 0 amide bonds. The molecular formula is C11H10N2O2. The summed E-state index contributed by atoms with van der Waals surface area (Å²) in [7, 11) is 0. The lowest BCUT2D eigenvalue weighted by Crippen LogP contribution is -2.00. The third kappa shape index (κ3) is 2.10. The van der Waals surface area contributed by atoms with Crippen LogP contribution in [-0.2, 0) is 4.79 Å². The van der Waals surface area contributed by atoms with Crippen LogP contribution >= 0.6 is 0 Å². The van der Waals surface area contributed by atoms with E-state index in [-0.39, 0.29) is 6.61 Å². The van der Waals surface area contributed by atoms with Crippen molar-refractivity contribution in [3.8, 4) is 5.88 Å². The van der Waals surface area contributed by atoms with Gasteiger partial charge in [0, 0.05) is 0 Å². The molecule has 0 fully saturated rings. The van der Waals surface area contributed by atoms with Gasteiger partial charge in [0.15, 0.2) is 6.29 Å². The number of ether oxygens (including phenoxy) is 1. The normalized spacial score (nSPS) is 10.2. The third-order valence-corrected chi connectivity index (χ3v) is 1.97. The molecule has 1 heterocycles. The van der Waals surface area contributed by atoms with Crippen LogP contribution < -0.4 is 4.74 Å². The van der Waals surface area contributed by atoms with E-state index in [0.717, 1.165) is 16.6 Å². The van der Waals surface area contributed by atoms with Crippen molar-refractivity contribution < 1.29 is 9.53 Å². The summed E-state index contributed by atoms with van der Waals surface area (Å²) >= 11 is 0. The van der Waals surface area contributed by atoms with E-state index < -0.39 is 0 Å². The number of aryl methyl sites for hydroxylation is 1. The SMILES string of the molecule is Cc1ccc2nc(OCC=O)cnc2c1. The van der Waals surface area contributed by atoms with Gasteiger partial charge in [0.25, 0.3) is 0 Å². The first-order valence-corrected chi connectivity index (χ1v) is 4.59. The van der Waals surface area contributed by atoms with Gasteiger partial charge in [-0.15, -0.1) is 0 Å². The monoisotopic (exact) mass is 202 g/mol. The lowest BCUT2D eigenvalue weighted by Gasteiger charge is -2.02. The second-order valence-corrected chi connectivity index (χ2v) is 3.18. The number of rotatable bonds is 3. The van der Waals surface area contributed by atoms with E-state index in [9.17, 15) is 4.79 Å². The molecule has 1 aromatic heterocycles. The van der Waals surface area contributed by atoms with E-state index in [4.69, 9.17) is 4.74 Å². The van der Waals surface area contributed by atoms with E-state index in [2.05, 4.69) is 9.97 Å². The van der Waals surface area contributed by atoms with E-state index in [0.29, 0.717) is 12.2 Å². The molecule has 0 saturated carbocycles. The van der Waals surface area contributed by atoms with E-state index in [1.807, 2.05) is 25.1 Å². The Bertz CT molecular complexity index is 497. The summed E-state index contributed by atoms with van der Waals surface area (Å²) in [5, 5.41) is 0. The second-order valence-electron chi connectivity index (χ2n) is 3.18. The average Bonchev–Trinajstić information content (AvgIpc) is 2.26. The molecule has 4 nitrogen and oxygen atoms in total. The van der Waals surface area contributed by atoms with Crippen molar-refractivity contribution in [2.24, 2.45) is 0 Å². The van der Waals surface area contributed by atoms with Gasteiger partial charge in [0.1, 0.15) is 6.61 Å². The second kappa shape index (κ2) is 4.04. The standard InChI is InChI=1S/C11H10N2O2/c1-8-2-3-9-10(6-8)12-7-11(13-9)15-5-4-14/h2-4,6-7H,5H2,1H3. The van der Waals surface area contributed by atoms with Gasteiger partial charge in [-0.1, -0.05) is 6.07 Å². The zero-order valence-electron chi connectivity index (χ0n) is 8.30. The number of aromatic nitrogens is 2. The maximum Gasteiger partial charge on any atom is 0.233 e. The van der Waals surface area contributed by atoms with Crippen molar-refractivity contribution in [3.63, 3.8) is 0 Å². The fraction of sp³-hybridized carbons (Fsp3) is 0.182. The number of hydrogen-bond donors (Lipinski definition) is 0. The Morgan fingerprint density at radius 2 is 2.27 bits per heavy atom. The molecule has 2 aromatic rings. The first kappa shape index (κ1) is 9.58. The lowest BCUT2D eigenvalue weighted by atomic mass is 10.2. The minimum atomic E-state index is 0.00600. The topological polar surface area (TPSA) is 52.1 Å². The predicted molar refractivity (Wildman–Crippen MR) is 55.8 cm³/mol. The smallest absolute Gasteiger partial charge is 0.233 e. The molecule has 0 atom stereocenters. The summed E-state index contributed by atoms with van der Waals surface area (Å²) in [6, 6.07) is 5.79. The summed E-state index contributed by atoms with van der Waals surface area (Å²) < 4.78 is 5.05. The lowest BCUT2D eigenvalue weighted by molar-refractivity contribution is -0.109. The van der Waals surface area contributed by atoms with E-state index in [1.54, 1.807) is 0 Å². The highest BCUT2D eigenvalue weighted by molar-refractivity contribution is 5.75. The summed E-state index contributed by atoms with van der Waals surface area (Å²) in [5.74, 6) is 0.374. The van der Waals surface area contributed by atoms with Gasteiger partial charge in [0.2, 0.25) is 5.88 Å². The number of aldehydes is 1. The molecule has 15 heavy (non-hydrogen) atoms. The zero-order valence-corrected chi connectivity index (χ0v) is 8.30.